The number of carbonyl (C=O) groups is 1. The highest BCUT2D eigenvalue weighted by atomic mass is 16.1. The molecule has 1 saturated heterocycles. The van der Waals surface area contributed by atoms with E-state index in [-0.39, 0.29) is 11.9 Å². The quantitative estimate of drug-likeness (QED) is 0.447. The van der Waals surface area contributed by atoms with Gasteiger partial charge in [-0.2, -0.15) is 0 Å². The van der Waals surface area contributed by atoms with Gasteiger partial charge in [0.1, 0.15) is 6.04 Å². The molecule has 0 aromatic heterocycles. The fourth-order valence-corrected chi connectivity index (χ4v) is 1.46. The Hall–Kier alpha value is -0.650. The highest BCUT2D eigenvalue weighted by Crippen LogP contribution is 2.00. The SMILES string of the molecule is NCCN1CCNCC1C(N)=O. The van der Waals surface area contributed by atoms with Crippen molar-refractivity contribution in [2.75, 3.05) is 32.7 Å². The highest BCUT2D eigenvalue weighted by molar-refractivity contribution is 5.80. The lowest BCUT2D eigenvalue weighted by molar-refractivity contribution is -0.123. The molecule has 0 bridgehead atoms. The minimum Gasteiger partial charge on any atom is -0.368 e. The van der Waals surface area contributed by atoms with Gasteiger partial charge in [-0.1, -0.05) is 0 Å². The van der Waals surface area contributed by atoms with Crippen LogP contribution in [0.1, 0.15) is 0 Å². The summed E-state index contributed by atoms with van der Waals surface area (Å²) in [4.78, 5) is 13.0. The van der Waals surface area contributed by atoms with Gasteiger partial charge in [-0.25, -0.2) is 0 Å². The number of hydrogen-bond acceptors (Lipinski definition) is 4. The van der Waals surface area contributed by atoms with E-state index in [2.05, 4.69) is 5.32 Å². The highest BCUT2D eigenvalue weighted by Gasteiger charge is 2.25. The third-order valence-corrected chi connectivity index (χ3v) is 2.10. The van der Waals surface area contributed by atoms with Gasteiger partial charge in [-0.05, 0) is 0 Å². The van der Waals surface area contributed by atoms with Crippen molar-refractivity contribution in [3.8, 4) is 0 Å². The third kappa shape index (κ3) is 2.17. The molecule has 0 radical (unpaired) electrons. The second-order valence-corrected chi connectivity index (χ2v) is 2.95. The van der Waals surface area contributed by atoms with Crippen LogP contribution in [0.5, 0.6) is 0 Å². The van der Waals surface area contributed by atoms with Gasteiger partial charge in [0.25, 0.3) is 0 Å². The van der Waals surface area contributed by atoms with Crippen LogP contribution in [0.15, 0.2) is 0 Å². The minimum atomic E-state index is -0.268. The van der Waals surface area contributed by atoms with E-state index in [1.807, 2.05) is 4.90 Å². The monoisotopic (exact) mass is 172 g/mol. The lowest BCUT2D eigenvalue weighted by Gasteiger charge is -2.33. The fraction of sp³-hybridized carbons (Fsp3) is 0.857. The Morgan fingerprint density at radius 3 is 3.00 bits per heavy atom. The summed E-state index contributed by atoms with van der Waals surface area (Å²) in [5.41, 5.74) is 10.6. The number of nitrogens with one attached hydrogen (secondary N) is 1. The smallest absolute Gasteiger partial charge is 0.236 e. The molecule has 0 aromatic carbocycles. The zero-order valence-electron chi connectivity index (χ0n) is 7.12. The molecule has 1 amide bonds. The van der Waals surface area contributed by atoms with Crippen LogP contribution in [0.25, 0.3) is 0 Å². The van der Waals surface area contributed by atoms with E-state index < -0.39 is 0 Å². The topological polar surface area (TPSA) is 84.4 Å². The predicted molar refractivity (Wildman–Crippen MR) is 46.5 cm³/mol. The second kappa shape index (κ2) is 4.39. The molecule has 5 heteroatoms. The standard InChI is InChI=1S/C7H16N4O/c8-1-3-11-4-2-10-5-6(11)7(9)12/h6,10H,1-5,8H2,(H2,9,12). The van der Waals surface area contributed by atoms with E-state index in [1.54, 1.807) is 0 Å². The summed E-state index contributed by atoms with van der Waals surface area (Å²) in [7, 11) is 0. The van der Waals surface area contributed by atoms with Gasteiger partial charge < -0.3 is 16.8 Å². The Morgan fingerprint density at radius 1 is 1.67 bits per heavy atom. The average Bonchev–Trinajstić information content (AvgIpc) is 2.05. The Kier molecular flexibility index (Phi) is 3.46. The van der Waals surface area contributed by atoms with Gasteiger partial charge in [0, 0.05) is 32.7 Å². The van der Waals surface area contributed by atoms with Crippen LogP contribution < -0.4 is 16.8 Å². The molecule has 5 N–H and O–H groups in total. The molecule has 1 atom stereocenters. The summed E-state index contributed by atoms with van der Waals surface area (Å²) in [6.45, 7) is 3.73. The normalized spacial score (nSPS) is 25.6. The molecule has 1 aliphatic rings. The first kappa shape index (κ1) is 9.44. The summed E-state index contributed by atoms with van der Waals surface area (Å²) >= 11 is 0. The Balaban J connectivity index is 2.48. The van der Waals surface area contributed by atoms with E-state index in [0.29, 0.717) is 13.1 Å². The van der Waals surface area contributed by atoms with Crippen LogP contribution in [0.2, 0.25) is 0 Å². The van der Waals surface area contributed by atoms with Gasteiger partial charge in [0.15, 0.2) is 0 Å². The second-order valence-electron chi connectivity index (χ2n) is 2.95. The maximum absolute atomic E-state index is 10.9. The maximum Gasteiger partial charge on any atom is 0.236 e. The number of amides is 1. The molecule has 70 valence electrons. The van der Waals surface area contributed by atoms with E-state index >= 15 is 0 Å². The first-order valence-electron chi connectivity index (χ1n) is 4.20. The van der Waals surface area contributed by atoms with Crippen molar-refractivity contribution >= 4 is 5.91 Å². The lowest BCUT2D eigenvalue weighted by atomic mass is 10.2. The Bertz CT molecular complexity index is 159. The molecule has 0 spiro atoms. The summed E-state index contributed by atoms with van der Waals surface area (Å²) in [6.07, 6.45) is 0. The number of carbonyl (C=O) groups excluding carboxylic acids is 1. The van der Waals surface area contributed by atoms with Crippen LogP contribution in [0, 0.1) is 0 Å². The van der Waals surface area contributed by atoms with Crippen molar-refractivity contribution in [2.45, 2.75) is 6.04 Å². The van der Waals surface area contributed by atoms with Crippen molar-refractivity contribution in [3.05, 3.63) is 0 Å². The van der Waals surface area contributed by atoms with Crippen LogP contribution in [-0.4, -0.2) is 49.6 Å². The molecule has 5 nitrogen and oxygen atoms in total. The first-order chi connectivity index (χ1) is 5.75. The molecule has 1 unspecified atom stereocenters. The minimum absolute atomic E-state index is 0.178. The molecular formula is C7H16N4O. The molecule has 1 rings (SSSR count). The molecule has 12 heavy (non-hydrogen) atoms. The Labute approximate surface area is 72.1 Å². The zero-order chi connectivity index (χ0) is 8.97. The van der Waals surface area contributed by atoms with Crippen molar-refractivity contribution < 1.29 is 4.79 Å². The average molecular weight is 172 g/mol. The van der Waals surface area contributed by atoms with Gasteiger partial charge in [-0.15, -0.1) is 0 Å². The van der Waals surface area contributed by atoms with E-state index in [0.717, 1.165) is 19.6 Å². The molecular weight excluding hydrogens is 156 g/mol. The summed E-state index contributed by atoms with van der Waals surface area (Å²) in [5, 5.41) is 3.12. The number of piperazine rings is 1. The van der Waals surface area contributed by atoms with Crippen LogP contribution in [-0.2, 0) is 4.79 Å². The van der Waals surface area contributed by atoms with Crippen molar-refractivity contribution in [3.63, 3.8) is 0 Å². The Morgan fingerprint density at radius 2 is 2.42 bits per heavy atom. The molecule has 0 aliphatic carbocycles. The van der Waals surface area contributed by atoms with Crippen molar-refractivity contribution in [2.24, 2.45) is 11.5 Å². The van der Waals surface area contributed by atoms with Gasteiger partial charge in [0.2, 0.25) is 5.91 Å². The molecule has 0 aromatic rings. The largest absolute Gasteiger partial charge is 0.368 e. The third-order valence-electron chi connectivity index (χ3n) is 2.10. The summed E-state index contributed by atoms with van der Waals surface area (Å²) < 4.78 is 0. The molecule has 1 heterocycles. The first-order valence-corrected chi connectivity index (χ1v) is 4.20. The van der Waals surface area contributed by atoms with Crippen LogP contribution >= 0.6 is 0 Å². The number of nitrogens with two attached hydrogens (primary N) is 2. The van der Waals surface area contributed by atoms with E-state index in [1.165, 1.54) is 0 Å². The summed E-state index contributed by atoms with van der Waals surface area (Å²) in [5.74, 6) is -0.268. The molecule has 0 saturated carbocycles. The predicted octanol–water partition coefficient (Wildman–Crippen LogP) is -2.30. The number of primary amides is 1. The number of nitrogens with zero attached hydrogens (tertiary/aromatic N) is 1. The molecule has 1 aliphatic heterocycles. The van der Waals surface area contributed by atoms with E-state index in [9.17, 15) is 4.79 Å². The van der Waals surface area contributed by atoms with E-state index in [4.69, 9.17) is 11.5 Å². The fourth-order valence-electron chi connectivity index (χ4n) is 1.46. The maximum atomic E-state index is 10.9. The summed E-state index contributed by atoms with van der Waals surface area (Å²) in [6, 6.07) is -0.178. The lowest BCUT2D eigenvalue weighted by Crippen LogP contribution is -2.57. The van der Waals surface area contributed by atoms with Crippen molar-refractivity contribution in [1.29, 1.82) is 0 Å². The van der Waals surface area contributed by atoms with Gasteiger partial charge in [-0.3, -0.25) is 9.69 Å². The zero-order valence-corrected chi connectivity index (χ0v) is 7.12. The molecule has 1 fully saturated rings. The van der Waals surface area contributed by atoms with Crippen LogP contribution in [0.3, 0.4) is 0 Å². The van der Waals surface area contributed by atoms with Gasteiger partial charge >= 0.3 is 0 Å². The van der Waals surface area contributed by atoms with Crippen LogP contribution in [0.4, 0.5) is 0 Å². The van der Waals surface area contributed by atoms with Gasteiger partial charge in [0.05, 0.1) is 0 Å². The number of hydrogen-bond donors (Lipinski definition) is 3. The number of rotatable bonds is 3. The van der Waals surface area contributed by atoms with Crippen molar-refractivity contribution in [1.82, 2.24) is 10.2 Å².